The van der Waals surface area contributed by atoms with E-state index in [1.807, 2.05) is 0 Å². The first kappa shape index (κ1) is 21.1. The summed E-state index contributed by atoms with van der Waals surface area (Å²) in [6.45, 7) is 6.74. The molecule has 1 atom stereocenters. The maximum atomic E-state index is 6.68. The van der Waals surface area contributed by atoms with Crippen molar-refractivity contribution in [3.63, 3.8) is 0 Å². The average Bonchev–Trinajstić information content (AvgIpc) is 3.06. The van der Waals surface area contributed by atoms with Crippen LogP contribution >= 0.6 is 17.0 Å². The Morgan fingerprint density at radius 1 is 0.862 bits per heavy atom. The van der Waals surface area contributed by atoms with E-state index in [9.17, 15) is 0 Å². The minimum atomic E-state index is -2.51. The number of allylic oxidation sites excluding steroid dienone is 1. The van der Waals surface area contributed by atoms with Gasteiger partial charge in [0.25, 0.3) is 0 Å². The van der Waals surface area contributed by atoms with E-state index in [1.54, 1.807) is 0 Å². The summed E-state index contributed by atoms with van der Waals surface area (Å²) < 4.78 is 0.265. The van der Waals surface area contributed by atoms with Gasteiger partial charge in [0.1, 0.15) is 0 Å². The first-order valence-corrected chi connectivity index (χ1v) is 17.9. The maximum absolute atomic E-state index is 6.68. The molecule has 1 aliphatic rings. The van der Waals surface area contributed by atoms with Crippen LogP contribution in [0, 0.1) is 12.8 Å². The van der Waals surface area contributed by atoms with Gasteiger partial charge in [-0.25, -0.2) is 0 Å². The van der Waals surface area contributed by atoms with Crippen LogP contribution in [0.1, 0.15) is 40.6 Å². The molecule has 3 aromatic carbocycles. The third-order valence-electron chi connectivity index (χ3n) is 5.64. The molecule has 0 aliphatic heterocycles. The Bertz CT molecular complexity index is 1050. The molecule has 1 unspecified atom stereocenters. The van der Waals surface area contributed by atoms with Crippen molar-refractivity contribution >= 4 is 23.1 Å². The number of fused-ring (bicyclic) bond motifs is 1. The number of benzene rings is 3. The van der Waals surface area contributed by atoms with E-state index in [0.717, 1.165) is 6.42 Å². The quantitative estimate of drug-likeness (QED) is 0.329. The Labute approximate surface area is 189 Å². The van der Waals surface area contributed by atoms with Crippen molar-refractivity contribution < 1.29 is 19.4 Å². The van der Waals surface area contributed by atoms with Gasteiger partial charge in [-0.05, 0) is 0 Å². The molecule has 0 nitrogen and oxygen atoms in total. The fraction of sp³-hybridized carbons (Fsp3) is 0.231. The van der Waals surface area contributed by atoms with Gasteiger partial charge in [-0.1, -0.05) is 0 Å². The normalized spacial score (nSPS) is 15.4. The zero-order chi connectivity index (χ0) is 20.5. The predicted octanol–water partition coefficient (Wildman–Crippen LogP) is 8.74. The molecule has 0 saturated heterocycles. The summed E-state index contributed by atoms with van der Waals surface area (Å²) in [7, 11) is 13.4. The SMILES string of the molecule is Cc1ccc2c(c1-c1ccccc1-c1ccccc1)C=C(CC(C)C)[CH]2[Zr]([Cl])[Cl]. The van der Waals surface area contributed by atoms with Crippen LogP contribution in [0.5, 0.6) is 0 Å². The van der Waals surface area contributed by atoms with E-state index in [2.05, 4.69) is 93.6 Å². The fourth-order valence-corrected chi connectivity index (χ4v) is 9.88. The Morgan fingerprint density at radius 3 is 2.17 bits per heavy atom. The number of hydrogen-bond acceptors (Lipinski definition) is 0. The van der Waals surface area contributed by atoms with Gasteiger partial charge in [0, 0.05) is 0 Å². The minimum absolute atomic E-state index is 0.265. The van der Waals surface area contributed by atoms with Crippen LogP contribution in [0.3, 0.4) is 0 Å². The molecule has 0 amide bonds. The van der Waals surface area contributed by atoms with Crippen molar-refractivity contribution in [1.29, 1.82) is 0 Å². The van der Waals surface area contributed by atoms with E-state index in [1.165, 1.54) is 44.5 Å². The van der Waals surface area contributed by atoms with Crippen molar-refractivity contribution in [3.05, 3.63) is 89.0 Å². The van der Waals surface area contributed by atoms with Crippen LogP contribution < -0.4 is 0 Å². The molecule has 0 N–H and O–H groups in total. The Balaban J connectivity index is 1.94. The molecule has 3 aromatic rings. The Hall–Kier alpha value is -1.14. The molecular weight excluding hydrogens is 474 g/mol. The van der Waals surface area contributed by atoms with Gasteiger partial charge >= 0.3 is 190 Å². The van der Waals surface area contributed by atoms with Crippen molar-refractivity contribution in [2.24, 2.45) is 5.92 Å². The molecular formula is C26H25Cl2Zr. The summed E-state index contributed by atoms with van der Waals surface area (Å²) in [5, 5.41) is 0. The molecule has 0 spiro atoms. The molecule has 0 saturated carbocycles. The third kappa shape index (κ3) is 4.20. The van der Waals surface area contributed by atoms with Crippen molar-refractivity contribution in [2.75, 3.05) is 0 Å². The van der Waals surface area contributed by atoms with Crippen LogP contribution in [0.15, 0.2) is 72.3 Å². The second kappa shape index (κ2) is 8.93. The summed E-state index contributed by atoms with van der Waals surface area (Å²) in [5.41, 5.74) is 10.5. The van der Waals surface area contributed by atoms with Gasteiger partial charge in [-0.3, -0.25) is 0 Å². The van der Waals surface area contributed by atoms with Crippen molar-refractivity contribution in [2.45, 2.75) is 30.8 Å². The Morgan fingerprint density at radius 2 is 1.52 bits per heavy atom. The summed E-state index contributed by atoms with van der Waals surface area (Å²) in [4.78, 5) is 0. The first-order valence-electron chi connectivity index (χ1n) is 10.1. The van der Waals surface area contributed by atoms with E-state index in [4.69, 9.17) is 17.0 Å². The first-order chi connectivity index (χ1) is 14.0. The van der Waals surface area contributed by atoms with Crippen molar-refractivity contribution in [3.8, 4) is 22.3 Å². The topological polar surface area (TPSA) is 0 Å². The molecule has 1 aliphatic carbocycles. The molecule has 0 heterocycles. The molecule has 29 heavy (non-hydrogen) atoms. The molecule has 0 aromatic heterocycles. The molecule has 3 heteroatoms. The van der Waals surface area contributed by atoms with Crippen LogP contribution in [0.25, 0.3) is 28.3 Å². The second-order valence-corrected chi connectivity index (χ2v) is 17.0. The fourth-order valence-electron chi connectivity index (χ4n) is 4.45. The van der Waals surface area contributed by atoms with Gasteiger partial charge in [0.05, 0.1) is 0 Å². The number of hydrogen-bond donors (Lipinski definition) is 0. The monoisotopic (exact) mass is 497 g/mol. The Kier molecular flexibility index (Phi) is 6.50. The van der Waals surface area contributed by atoms with Gasteiger partial charge in [0.2, 0.25) is 0 Å². The zero-order valence-corrected chi connectivity index (χ0v) is 21.0. The molecule has 0 fully saturated rings. The summed E-state index contributed by atoms with van der Waals surface area (Å²) >= 11 is -2.51. The van der Waals surface area contributed by atoms with Gasteiger partial charge in [-0.2, -0.15) is 0 Å². The summed E-state index contributed by atoms with van der Waals surface area (Å²) in [6, 6.07) is 23.9. The standard InChI is InChI=1S/C26H25.2ClH.Zr/c1-18(2)15-20-16-22-14-13-19(3)26(25(22)17-20)24-12-8-7-11-23(24)21-9-5-4-6-10-21;;;/h4-14,16-18H,15H2,1-3H3;2*1H;/q;;;+2/p-2. The number of rotatable bonds is 5. The van der Waals surface area contributed by atoms with Crippen LogP contribution in [0.4, 0.5) is 0 Å². The number of aryl methyl sites for hydroxylation is 1. The van der Waals surface area contributed by atoms with Crippen LogP contribution in [0.2, 0.25) is 0 Å². The summed E-state index contributed by atoms with van der Waals surface area (Å²) in [6.07, 6.45) is 3.46. The molecule has 147 valence electrons. The average molecular weight is 500 g/mol. The van der Waals surface area contributed by atoms with Gasteiger partial charge in [-0.15, -0.1) is 0 Å². The van der Waals surface area contributed by atoms with Gasteiger partial charge < -0.3 is 0 Å². The van der Waals surface area contributed by atoms with Crippen molar-refractivity contribution in [1.82, 2.24) is 0 Å². The van der Waals surface area contributed by atoms with Crippen LogP contribution in [-0.4, -0.2) is 0 Å². The molecule has 0 radical (unpaired) electrons. The van der Waals surface area contributed by atoms with E-state index >= 15 is 0 Å². The van der Waals surface area contributed by atoms with Crippen LogP contribution in [-0.2, 0) is 19.4 Å². The molecule has 0 bridgehead atoms. The van der Waals surface area contributed by atoms with E-state index in [0.29, 0.717) is 5.92 Å². The number of halogens is 2. The van der Waals surface area contributed by atoms with E-state index in [-0.39, 0.29) is 3.63 Å². The third-order valence-corrected chi connectivity index (χ3v) is 11.0. The second-order valence-electron chi connectivity index (χ2n) is 8.21. The zero-order valence-electron chi connectivity index (χ0n) is 17.0. The van der Waals surface area contributed by atoms with E-state index < -0.39 is 19.4 Å². The predicted molar refractivity (Wildman–Crippen MR) is 124 cm³/mol. The molecule has 4 rings (SSSR count). The summed E-state index contributed by atoms with van der Waals surface area (Å²) in [5.74, 6) is 0.593. The van der Waals surface area contributed by atoms with Gasteiger partial charge in [0.15, 0.2) is 0 Å².